The number of aliphatic carboxylic acids is 1. The Hall–Kier alpha value is -1.67. The molecule has 0 saturated carbocycles. The highest BCUT2D eigenvalue weighted by Gasteiger charge is 2.43. The van der Waals surface area contributed by atoms with Crippen LogP contribution in [0.4, 0.5) is 0 Å². The molecule has 18 heavy (non-hydrogen) atoms. The van der Waals surface area contributed by atoms with E-state index in [2.05, 4.69) is 4.98 Å². The van der Waals surface area contributed by atoms with Crippen molar-refractivity contribution in [2.45, 2.75) is 17.4 Å². The number of pyridine rings is 1. The summed E-state index contributed by atoms with van der Waals surface area (Å²) in [6.45, 7) is 0.205. The third-order valence-electron chi connectivity index (χ3n) is 2.79. The molecule has 0 radical (unpaired) electrons. The van der Waals surface area contributed by atoms with E-state index >= 15 is 0 Å². The van der Waals surface area contributed by atoms with Crippen molar-refractivity contribution in [3.63, 3.8) is 0 Å². The number of ether oxygens (including phenoxy) is 1. The molecular weight excluding hydrogens is 260 g/mol. The number of hydrogen-bond acceptors (Lipinski definition) is 5. The molecule has 1 saturated heterocycles. The molecule has 1 aromatic rings. The zero-order valence-electron chi connectivity index (χ0n) is 9.61. The number of sulfonamides is 1. The largest absolute Gasteiger partial charge is 0.495 e. The Morgan fingerprint density at radius 3 is 2.78 bits per heavy atom. The summed E-state index contributed by atoms with van der Waals surface area (Å²) in [6, 6.07) is 0.334. The van der Waals surface area contributed by atoms with E-state index in [-0.39, 0.29) is 11.4 Å². The van der Waals surface area contributed by atoms with Gasteiger partial charge in [0.2, 0.25) is 10.0 Å². The molecule has 7 nitrogen and oxygen atoms in total. The summed E-state index contributed by atoms with van der Waals surface area (Å²) in [5.74, 6) is -0.829. The number of rotatable bonds is 4. The first-order valence-electron chi connectivity index (χ1n) is 5.20. The Morgan fingerprint density at radius 2 is 2.28 bits per heavy atom. The minimum Gasteiger partial charge on any atom is -0.495 e. The summed E-state index contributed by atoms with van der Waals surface area (Å²) >= 11 is 0. The van der Waals surface area contributed by atoms with Crippen molar-refractivity contribution in [2.24, 2.45) is 0 Å². The van der Waals surface area contributed by atoms with Crippen molar-refractivity contribution in [2.75, 3.05) is 13.7 Å². The van der Waals surface area contributed by atoms with Gasteiger partial charge in [-0.1, -0.05) is 0 Å². The molecule has 0 unspecified atom stereocenters. The smallest absolute Gasteiger partial charge is 0.322 e. The number of nitrogens with zero attached hydrogens (tertiary/aromatic N) is 2. The van der Waals surface area contributed by atoms with Crippen LogP contribution in [0, 0.1) is 0 Å². The standard InChI is InChI=1S/C10H12N2O5S/c1-17-7-4-8(6-11-5-7)18(15,16)12-3-2-9(12)10(13)14/h4-6,9H,2-3H2,1H3,(H,13,14)/t9-/m0/s1. The Balaban J connectivity index is 2.33. The zero-order chi connectivity index (χ0) is 13.3. The molecular formula is C10H12N2O5S. The zero-order valence-corrected chi connectivity index (χ0v) is 10.4. The highest BCUT2D eigenvalue weighted by molar-refractivity contribution is 7.89. The lowest BCUT2D eigenvalue weighted by atomic mass is 10.1. The summed E-state index contributed by atoms with van der Waals surface area (Å²) in [5.41, 5.74) is 0. The predicted octanol–water partition coefficient (Wildman–Crippen LogP) is -0.0622. The number of hydrogen-bond donors (Lipinski definition) is 1. The normalized spacial score (nSPS) is 20.2. The van der Waals surface area contributed by atoms with Crippen molar-refractivity contribution < 1.29 is 23.1 Å². The molecule has 1 atom stereocenters. The van der Waals surface area contributed by atoms with Crippen LogP contribution in [0.2, 0.25) is 0 Å². The number of methoxy groups -OCH3 is 1. The van der Waals surface area contributed by atoms with Gasteiger partial charge in [-0.05, 0) is 6.42 Å². The summed E-state index contributed by atoms with van der Waals surface area (Å²) in [7, 11) is -2.42. The van der Waals surface area contributed by atoms with Crippen LogP contribution in [0.3, 0.4) is 0 Å². The minimum atomic E-state index is -3.82. The molecule has 0 spiro atoms. The van der Waals surface area contributed by atoms with Crippen molar-refractivity contribution in [3.8, 4) is 5.75 Å². The van der Waals surface area contributed by atoms with Crippen LogP contribution in [0.1, 0.15) is 6.42 Å². The fourth-order valence-electron chi connectivity index (χ4n) is 1.68. The molecule has 0 aliphatic carbocycles. The maximum absolute atomic E-state index is 12.2. The van der Waals surface area contributed by atoms with Gasteiger partial charge < -0.3 is 9.84 Å². The predicted molar refractivity (Wildman–Crippen MR) is 60.7 cm³/mol. The SMILES string of the molecule is COc1cncc(S(=O)(=O)N2CC[C@H]2C(=O)O)c1. The molecule has 1 aromatic heterocycles. The lowest BCUT2D eigenvalue weighted by Crippen LogP contribution is -2.54. The second-order valence-electron chi connectivity index (χ2n) is 3.82. The van der Waals surface area contributed by atoms with Crippen LogP contribution in [-0.2, 0) is 14.8 Å². The van der Waals surface area contributed by atoms with Gasteiger partial charge in [0.15, 0.2) is 0 Å². The monoisotopic (exact) mass is 272 g/mol. The lowest BCUT2D eigenvalue weighted by Gasteiger charge is -2.36. The number of carboxylic acid groups (broad SMARTS) is 1. The average Bonchev–Trinajstić information content (AvgIpc) is 2.26. The highest BCUT2D eigenvalue weighted by atomic mass is 32.2. The van der Waals surface area contributed by atoms with Crippen LogP contribution in [-0.4, -0.2) is 48.5 Å². The fourth-order valence-corrected chi connectivity index (χ4v) is 3.29. The first-order valence-corrected chi connectivity index (χ1v) is 6.64. The van der Waals surface area contributed by atoms with Gasteiger partial charge >= 0.3 is 5.97 Å². The van der Waals surface area contributed by atoms with Gasteiger partial charge in [-0.25, -0.2) is 8.42 Å². The molecule has 0 bridgehead atoms. The second-order valence-corrected chi connectivity index (χ2v) is 5.71. The van der Waals surface area contributed by atoms with Gasteiger partial charge in [0.1, 0.15) is 16.7 Å². The van der Waals surface area contributed by atoms with Crippen molar-refractivity contribution >= 4 is 16.0 Å². The second kappa shape index (κ2) is 4.54. The van der Waals surface area contributed by atoms with E-state index in [0.29, 0.717) is 12.2 Å². The first kappa shape index (κ1) is 12.8. The van der Waals surface area contributed by atoms with Crippen LogP contribution in [0.15, 0.2) is 23.4 Å². The fraction of sp³-hybridized carbons (Fsp3) is 0.400. The maximum Gasteiger partial charge on any atom is 0.322 e. The highest BCUT2D eigenvalue weighted by Crippen LogP contribution is 2.28. The quantitative estimate of drug-likeness (QED) is 0.824. The molecule has 1 aliphatic rings. The Morgan fingerprint density at radius 1 is 1.56 bits per heavy atom. The summed E-state index contributed by atoms with van der Waals surface area (Å²) in [6.07, 6.45) is 2.88. The van der Waals surface area contributed by atoms with E-state index in [1.807, 2.05) is 0 Å². The van der Waals surface area contributed by atoms with E-state index in [1.54, 1.807) is 0 Å². The Bertz CT molecular complexity index is 571. The van der Waals surface area contributed by atoms with E-state index in [1.165, 1.54) is 25.6 Å². The topological polar surface area (TPSA) is 96.8 Å². The minimum absolute atomic E-state index is 0.0622. The molecule has 1 N–H and O–H groups in total. The lowest BCUT2D eigenvalue weighted by molar-refractivity contribution is -0.144. The molecule has 0 amide bonds. The van der Waals surface area contributed by atoms with Gasteiger partial charge in [-0.3, -0.25) is 9.78 Å². The average molecular weight is 272 g/mol. The number of carbonyl (C=O) groups is 1. The Kier molecular flexibility index (Phi) is 3.22. The molecule has 2 heterocycles. The van der Waals surface area contributed by atoms with Crippen LogP contribution in [0.5, 0.6) is 5.75 Å². The number of carboxylic acids is 1. The summed E-state index contributed by atoms with van der Waals surface area (Å²) in [5, 5.41) is 8.87. The van der Waals surface area contributed by atoms with E-state index < -0.39 is 22.0 Å². The maximum atomic E-state index is 12.2. The van der Waals surface area contributed by atoms with Crippen LogP contribution < -0.4 is 4.74 Å². The van der Waals surface area contributed by atoms with Gasteiger partial charge in [-0.2, -0.15) is 4.31 Å². The van der Waals surface area contributed by atoms with Crippen molar-refractivity contribution in [1.29, 1.82) is 0 Å². The summed E-state index contributed by atoms with van der Waals surface area (Å²) < 4.78 is 30.2. The molecule has 1 fully saturated rings. The van der Waals surface area contributed by atoms with E-state index in [0.717, 1.165) is 4.31 Å². The van der Waals surface area contributed by atoms with Gasteiger partial charge in [0.25, 0.3) is 0 Å². The van der Waals surface area contributed by atoms with E-state index in [4.69, 9.17) is 9.84 Å². The molecule has 0 aromatic carbocycles. The summed E-state index contributed by atoms with van der Waals surface area (Å²) in [4.78, 5) is 14.5. The third kappa shape index (κ3) is 2.04. The van der Waals surface area contributed by atoms with Gasteiger partial charge in [0.05, 0.1) is 13.3 Å². The molecule has 98 valence electrons. The number of aromatic nitrogens is 1. The van der Waals surface area contributed by atoms with E-state index in [9.17, 15) is 13.2 Å². The first-order chi connectivity index (χ1) is 8.46. The Labute approximate surface area is 104 Å². The van der Waals surface area contributed by atoms with Crippen molar-refractivity contribution in [3.05, 3.63) is 18.5 Å². The van der Waals surface area contributed by atoms with Gasteiger partial charge in [-0.15, -0.1) is 0 Å². The van der Waals surface area contributed by atoms with Crippen LogP contribution >= 0.6 is 0 Å². The van der Waals surface area contributed by atoms with Crippen LogP contribution in [0.25, 0.3) is 0 Å². The molecule has 2 rings (SSSR count). The van der Waals surface area contributed by atoms with Gasteiger partial charge in [0, 0.05) is 18.8 Å². The molecule has 8 heteroatoms. The van der Waals surface area contributed by atoms with Crippen molar-refractivity contribution in [1.82, 2.24) is 9.29 Å². The molecule has 1 aliphatic heterocycles. The third-order valence-corrected chi connectivity index (χ3v) is 4.66.